The lowest BCUT2D eigenvalue weighted by Crippen LogP contribution is -2.62. The molecule has 156 valence electrons. The molecule has 2 fully saturated rings. The third-order valence-corrected chi connectivity index (χ3v) is 6.37. The van der Waals surface area contributed by atoms with E-state index >= 15 is 0 Å². The summed E-state index contributed by atoms with van der Waals surface area (Å²) in [5.74, 6) is 1.77. The third-order valence-electron chi connectivity index (χ3n) is 6.37. The zero-order valence-electron chi connectivity index (χ0n) is 17.8. The average molecular weight is 388 g/mol. The van der Waals surface area contributed by atoms with Crippen LogP contribution in [0.5, 0.6) is 5.75 Å². The summed E-state index contributed by atoms with van der Waals surface area (Å²) in [5.41, 5.74) is 1.47. The number of nitrogens with zero attached hydrogens (tertiary/aromatic N) is 3. The Morgan fingerprint density at radius 2 is 1.71 bits per heavy atom. The monoisotopic (exact) mass is 387 g/mol. The van der Waals surface area contributed by atoms with Crippen LogP contribution in [0.25, 0.3) is 0 Å². The fraction of sp³-hybridized carbons (Fsp3) is 0.682. The lowest BCUT2D eigenvalue weighted by molar-refractivity contribution is 0.0173. The quantitative estimate of drug-likeness (QED) is 0.580. The summed E-state index contributed by atoms with van der Waals surface area (Å²) in [4.78, 5) is 9.67. The van der Waals surface area contributed by atoms with E-state index in [1.807, 2.05) is 19.2 Å². The highest BCUT2D eigenvalue weighted by Gasteiger charge is 2.39. The molecule has 6 heteroatoms. The number of likely N-dealkylation sites (tertiary alicyclic amines) is 2. The highest BCUT2D eigenvalue weighted by molar-refractivity contribution is 5.79. The normalized spacial score (nSPS) is 21.3. The highest BCUT2D eigenvalue weighted by Crippen LogP contribution is 2.30. The topological polar surface area (TPSA) is 52.1 Å². The lowest BCUT2D eigenvalue weighted by Gasteiger charge is -2.50. The molecule has 1 aromatic rings. The Morgan fingerprint density at radius 1 is 1.04 bits per heavy atom. The van der Waals surface area contributed by atoms with Crippen LogP contribution in [0.15, 0.2) is 29.3 Å². The zero-order chi connectivity index (χ0) is 19.8. The van der Waals surface area contributed by atoms with Crippen molar-refractivity contribution in [3.8, 4) is 5.75 Å². The first-order valence-corrected chi connectivity index (χ1v) is 10.7. The SMILES string of the molecule is CN=C(NCc1ccc(OC)cc1)NCC1(N2CCCCC2)CCN(C)CC1. The predicted molar refractivity (Wildman–Crippen MR) is 116 cm³/mol. The van der Waals surface area contributed by atoms with Gasteiger partial charge in [0.05, 0.1) is 7.11 Å². The molecule has 0 atom stereocenters. The van der Waals surface area contributed by atoms with E-state index in [0.29, 0.717) is 0 Å². The average Bonchev–Trinajstić information content (AvgIpc) is 2.76. The Hall–Kier alpha value is -1.79. The number of piperidine rings is 2. The van der Waals surface area contributed by atoms with Crippen molar-refractivity contribution >= 4 is 5.96 Å². The van der Waals surface area contributed by atoms with Gasteiger partial charge in [0.15, 0.2) is 5.96 Å². The van der Waals surface area contributed by atoms with E-state index < -0.39 is 0 Å². The maximum Gasteiger partial charge on any atom is 0.191 e. The highest BCUT2D eigenvalue weighted by atomic mass is 16.5. The van der Waals surface area contributed by atoms with Gasteiger partial charge in [-0.1, -0.05) is 18.6 Å². The molecule has 2 aliphatic heterocycles. The van der Waals surface area contributed by atoms with Crippen LogP contribution < -0.4 is 15.4 Å². The molecule has 2 heterocycles. The second kappa shape index (κ2) is 10.1. The van der Waals surface area contributed by atoms with E-state index in [-0.39, 0.29) is 5.54 Å². The van der Waals surface area contributed by atoms with E-state index in [2.05, 4.69) is 44.6 Å². The second-order valence-corrected chi connectivity index (χ2v) is 8.20. The lowest BCUT2D eigenvalue weighted by atomic mass is 9.84. The molecule has 1 aromatic carbocycles. The summed E-state index contributed by atoms with van der Waals surface area (Å²) >= 11 is 0. The van der Waals surface area contributed by atoms with Gasteiger partial charge < -0.3 is 20.3 Å². The molecule has 0 unspecified atom stereocenters. The molecule has 0 radical (unpaired) electrons. The minimum Gasteiger partial charge on any atom is -0.497 e. The first-order valence-electron chi connectivity index (χ1n) is 10.7. The van der Waals surface area contributed by atoms with Gasteiger partial charge in [0, 0.05) is 25.7 Å². The van der Waals surface area contributed by atoms with Crippen LogP contribution in [0.2, 0.25) is 0 Å². The van der Waals surface area contributed by atoms with Crippen molar-refractivity contribution in [1.29, 1.82) is 0 Å². The molecule has 28 heavy (non-hydrogen) atoms. The Labute approximate surface area is 170 Å². The van der Waals surface area contributed by atoms with Gasteiger partial charge in [0.1, 0.15) is 5.75 Å². The molecular formula is C22H37N5O. The second-order valence-electron chi connectivity index (χ2n) is 8.20. The number of methoxy groups -OCH3 is 1. The molecule has 0 bridgehead atoms. The van der Waals surface area contributed by atoms with E-state index in [1.165, 1.54) is 63.8 Å². The van der Waals surface area contributed by atoms with Gasteiger partial charge in [-0.3, -0.25) is 9.89 Å². The van der Waals surface area contributed by atoms with Crippen molar-refractivity contribution in [3.05, 3.63) is 29.8 Å². The van der Waals surface area contributed by atoms with Crippen molar-refractivity contribution < 1.29 is 4.74 Å². The Morgan fingerprint density at radius 3 is 2.32 bits per heavy atom. The number of hydrogen-bond acceptors (Lipinski definition) is 4. The number of nitrogens with one attached hydrogen (secondary N) is 2. The van der Waals surface area contributed by atoms with Crippen LogP contribution in [0.3, 0.4) is 0 Å². The zero-order valence-corrected chi connectivity index (χ0v) is 17.8. The van der Waals surface area contributed by atoms with Gasteiger partial charge in [-0.05, 0) is 76.6 Å². The van der Waals surface area contributed by atoms with Crippen molar-refractivity contribution in [3.63, 3.8) is 0 Å². The van der Waals surface area contributed by atoms with E-state index in [1.54, 1.807) is 7.11 Å². The molecule has 0 aromatic heterocycles. The number of ether oxygens (including phenoxy) is 1. The molecule has 0 aliphatic carbocycles. The number of hydrogen-bond donors (Lipinski definition) is 2. The first-order chi connectivity index (χ1) is 13.6. The first kappa shape index (κ1) is 20.9. The van der Waals surface area contributed by atoms with E-state index in [0.717, 1.165) is 24.8 Å². The molecule has 6 nitrogen and oxygen atoms in total. The van der Waals surface area contributed by atoms with Crippen molar-refractivity contribution in [1.82, 2.24) is 20.4 Å². The smallest absolute Gasteiger partial charge is 0.191 e. The van der Waals surface area contributed by atoms with Gasteiger partial charge in [0.25, 0.3) is 0 Å². The molecule has 2 aliphatic rings. The van der Waals surface area contributed by atoms with Crippen LogP contribution in [0, 0.1) is 0 Å². The Kier molecular flexibility index (Phi) is 7.57. The third kappa shape index (κ3) is 5.39. The predicted octanol–water partition coefficient (Wildman–Crippen LogP) is 2.31. The molecule has 0 saturated carbocycles. The maximum absolute atomic E-state index is 5.23. The van der Waals surface area contributed by atoms with Crippen LogP contribution in [0.4, 0.5) is 0 Å². The fourth-order valence-corrected chi connectivity index (χ4v) is 4.41. The van der Waals surface area contributed by atoms with Crippen molar-refractivity contribution in [2.75, 3.05) is 53.9 Å². The molecule has 3 rings (SSSR count). The van der Waals surface area contributed by atoms with Crippen LogP contribution in [-0.4, -0.2) is 75.2 Å². The number of guanidine groups is 1. The van der Waals surface area contributed by atoms with E-state index in [9.17, 15) is 0 Å². The van der Waals surface area contributed by atoms with Crippen molar-refractivity contribution in [2.24, 2.45) is 4.99 Å². The van der Waals surface area contributed by atoms with Gasteiger partial charge in [-0.25, -0.2) is 0 Å². The minimum atomic E-state index is 0.255. The molecule has 0 spiro atoms. The van der Waals surface area contributed by atoms with Crippen LogP contribution in [0.1, 0.15) is 37.7 Å². The number of aliphatic imine (C=N–C) groups is 1. The Bertz CT molecular complexity index is 616. The molecule has 2 saturated heterocycles. The van der Waals surface area contributed by atoms with Crippen LogP contribution in [-0.2, 0) is 6.54 Å². The van der Waals surface area contributed by atoms with Gasteiger partial charge >= 0.3 is 0 Å². The summed E-state index contributed by atoms with van der Waals surface area (Å²) in [6, 6.07) is 8.17. The van der Waals surface area contributed by atoms with Crippen LogP contribution >= 0.6 is 0 Å². The maximum atomic E-state index is 5.23. The van der Waals surface area contributed by atoms with Gasteiger partial charge in [0.2, 0.25) is 0 Å². The summed E-state index contributed by atoms with van der Waals surface area (Å²) in [6.07, 6.45) is 6.51. The summed E-state index contributed by atoms with van der Waals surface area (Å²) in [5, 5.41) is 7.10. The molecule has 0 amide bonds. The van der Waals surface area contributed by atoms with Gasteiger partial charge in [-0.2, -0.15) is 0 Å². The molecular weight excluding hydrogens is 350 g/mol. The Balaban J connectivity index is 1.57. The van der Waals surface area contributed by atoms with Crippen molar-refractivity contribution in [2.45, 2.75) is 44.2 Å². The summed E-state index contributed by atoms with van der Waals surface area (Å²) < 4.78 is 5.23. The summed E-state index contributed by atoms with van der Waals surface area (Å²) in [7, 11) is 5.79. The molecule has 2 N–H and O–H groups in total. The minimum absolute atomic E-state index is 0.255. The standard InChI is InChI=1S/C22H37N5O/c1-23-21(24-17-19-7-9-20(28-3)10-8-19)25-18-22(11-15-26(2)16-12-22)27-13-5-4-6-14-27/h7-10H,4-6,11-18H2,1-3H3,(H2,23,24,25). The largest absolute Gasteiger partial charge is 0.497 e. The fourth-order valence-electron chi connectivity index (χ4n) is 4.41. The van der Waals surface area contributed by atoms with Gasteiger partial charge in [-0.15, -0.1) is 0 Å². The number of benzene rings is 1. The summed E-state index contributed by atoms with van der Waals surface area (Å²) in [6.45, 7) is 6.55. The number of rotatable bonds is 6. The van der Waals surface area contributed by atoms with E-state index in [4.69, 9.17) is 4.74 Å².